The van der Waals surface area contributed by atoms with Gasteiger partial charge in [0, 0.05) is 19.2 Å². The van der Waals surface area contributed by atoms with Crippen LogP contribution in [0.4, 0.5) is 5.69 Å². The normalized spacial score (nSPS) is 20.6. The van der Waals surface area contributed by atoms with Crippen LogP contribution in [-0.4, -0.2) is 49.3 Å². The third kappa shape index (κ3) is 3.41. The van der Waals surface area contributed by atoms with Crippen LogP contribution in [-0.2, 0) is 4.74 Å². The van der Waals surface area contributed by atoms with Crippen molar-refractivity contribution in [3.8, 4) is 5.75 Å². The van der Waals surface area contributed by atoms with Gasteiger partial charge in [-0.25, -0.2) is 0 Å². The molecule has 1 fully saturated rings. The smallest absolute Gasteiger partial charge is 0.273 e. The van der Waals surface area contributed by atoms with Gasteiger partial charge in [-0.15, -0.1) is 0 Å². The maximum Gasteiger partial charge on any atom is 0.273 e. The van der Waals surface area contributed by atoms with E-state index in [0.29, 0.717) is 19.0 Å². The average Bonchev–Trinajstić information content (AvgIpc) is 2.37. The first-order chi connectivity index (χ1) is 8.65. The summed E-state index contributed by atoms with van der Waals surface area (Å²) in [5.74, 6) is 0.501. The highest BCUT2D eigenvalue weighted by Crippen LogP contribution is 2.19. The Balaban J connectivity index is 1.89. The van der Waals surface area contributed by atoms with Gasteiger partial charge in [-0.1, -0.05) is 6.07 Å². The second-order valence-electron chi connectivity index (χ2n) is 4.32. The number of likely N-dealkylation sites (N-methyl/N-ethyl adjacent to an activating group) is 1. The standard InChI is InChI=1S/C12H16N2O4/c1-13-5-6-17-12(8-13)9-18-11-4-2-3-10(7-11)14(15)16/h2-4,7,12H,5-6,8-9H2,1H3. The first kappa shape index (κ1) is 12.8. The van der Waals surface area contributed by atoms with Gasteiger partial charge in [0.1, 0.15) is 18.5 Å². The van der Waals surface area contributed by atoms with Crippen molar-refractivity contribution in [2.24, 2.45) is 0 Å². The third-order valence-corrected chi connectivity index (χ3v) is 2.81. The number of nitro benzene ring substituents is 1. The molecule has 0 saturated carbocycles. The number of rotatable bonds is 4. The van der Waals surface area contributed by atoms with Crippen LogP contribution in [0, 0.1) is 10.1 Å². The Morgan fingerprint density at radius 3 is 3.17 bits per heavy atom. The summed E-state index contributed by atoms with van der Waals surface area (Å²) < 4.78 is 11.1. The highest BCUT2D eigenvalue weighted by molar-refractivity contribution is 5.37. The summed E-state index contributed by atoms with van der Waals surface area (Å²) in [6, 6.07) is 6.19. The van der Waals surface area contributed by atoms with Crippen LogP contribution in [0.1, 0.15) is 0 Å². The van der Waals surface area contributed by atoms with E-state index in [1.165, 1.54) is 12.1 Å². The Morgan fingerprint density at radius 1 is 1.61 bits per heavy atom. The van der Waals surface area contributed by atoms with Gasteiger partial charge < -0.3 is 14.4 Å². The molecule has 1 aromatic carbocycles. The van der Waals surface area contributed by atoms with Crippen molar-refractivity contribution in [2.45, 2.75) is 6.10 Å². The Morgan fingerprint density at radius 2 is 2.44 bits per heavy atom. The van der Waals surface area contributed by atoms with Gasteiger partial charge in [-0.2, -0.15) is 0 Å². The number of ether oxygens (including phenoxy) is 2. The number of non-ortho nitro benzene ring substituents is 1. The Hall–Kier alpha value is -1.66. The van der Waals surface area contributed by atoms with Gasteiger partial charge in [0.15, 0.2) is 0 Å². The van der Waals surface area contributed by atoms with Crippen LogP contribution in [0.3, 0.4) is 0 Å². The summed E-state index contributed by atoms with van der Waals surface area (Å²) in [4.78, 5) is 12.4. The lowest BCUT2D eigenvalue weighted by Gasteiger charge is -2.29. The molecule has 0 N–H and O–H groups in total. The molecule has 0 spiro atoms. The lowest BCUT2D eigenvalue weighted by molar-refractivity contribution is -0.384. The fourth-order valence-electron chi connectivity index (χ4n) is 1.84. The number of nitro groups is 1. The minimum Gasteiger partial charge on any atom is -0.491 e. The lowest BCUT2D eigenvalue weighted by atomic mass is 10.3. The highest BCUT2D eigenvalue weighted by atomic mass is 16.6. The molecule has 1 atom stereocenters. The molecule has 6 nitrogen and oxygen atoms in total. The SMILES string of the molecule is CN1CCOC(COc2cccc([N+](=O)[O-])c2)C1. The fraction of sp³-hybridized carbons (Fsp3) is 0.500. The molecule has 98 valence electrons. The zero-order chi connectivity index (χ0) is 13.0. The molecule has 1 aliphatic heterocycles. The summed E-state index contributed by atoms with van der Waals surface area (Å²) in [5, 5.41) is 10.6. The van der Waals surface area contributed by atoms with Crippen molar-refractivity contribution in [1.29, 1.82) is 0 Å². The van der Waals surface area contributed by atoms with Gasteiger partial charge in [0.2, 0.25) is 0 Å². The number of benzene rings is 1. The van der Waals surface area contributed by atoms with E-state index >= 15 is 0 Å². The van der Waals surface area contributed by atoms with E-state index in [9.17, 15) is 10.1 Å². The molecule has 0 radical (unpaired) electrons. The number of hydrogen-bond acceptors (Lipinski definition) is 5. The Labute approximate surface area is 105 Å². The third-order valence-electron chi connectivity index (χ3n) is 2.81. The van der Waals surface area contributed by atoms with Crippen LogP contribution in [0.15, 0.2) is 24.3 Å². The van der Waals surface area contributed by atoms with E-state index in [0.717, 1.165) is 13.1 Å². The van der Waals surface area contributed by atoms with Gasteiger partial charge >= 0.3 is 0 Å². The average molecular weight is 252 g/mol. The quantitative estimate of drug-likeness (QED) is 0.597. The van der Waals surface area contributed by atoms with E-state index in [1.54, 1.807) is 12.1 Å². The first-order valence-electron chi connectivity index (χ1n) is 5.82. The zero-order valence-corrected chi connectivity index (χ0v) is 10.2. The maximum absolute atomic E-state index is 10.6. The predicted octanol–water partition coefficient (Wildman–Crippen LogP) is 1.30. The number of hydrogen-bond donors (Lipinski definition) is 0. The van der Waals surface area contributed by atoms with Gasteiger partial charge in [0.05, 0.1) is 17.6 Å². The van der Waals surface area contributed by atoms with Crippen molar-refractivity contribution >= 4 is 5.69 Å². The van der Waals surface area contributed by atoms with Gasteiger partial charge in [0.25, 0.3) is 5.69 Å². The molecule has 1 saturated heterocycles. The molecule has 0 aliphatic carbocycles. The summed E-state index contributed by atoms with van der Waals surface area (Å²) in [5.41, 5.74) is 0.0363. The minimum absolute atomic E-state index is 0.0167. The molecule has 18 heavy (non-hydrogen) atoms. The van der Waals surface area contributed by atoms with Crippen molar-refractivity contribution in [1.82, 2.24) is 4.90 Å². The summed E-state index contributed by atoms with van der Waals surface area (Å²) in [7, 11) is 2.03. The lowest BCUT2D eigenvalue weighted by Crippen LogP contribution is -2.42. The molecule has 1 aliphatic rings. The molecule has 1 aromatic rings. The van der Waals surface area contributed by atoms with E-state index in [4.69, 9.17) is 9.47 Å². The van der Waals surface area contributed by atoms with Gasteiger partial charge in [-0.3, -0.25) is 10.1 Å². The zero-order valence-electron chi connectivity index (χ0n) is 10.2. The second kappa shape index (κ2) is 5.79. The molecular weight excluding hydrogens is 236 g/mol. The summed E-state index contributed by atoms with van der Waals surface area (Å²) in [6.45, 7) is 2.84. The molecule has 2 rings (SSSR count). The van der Waals surface area contributed by atoms with Crippen LogP contribution >= 0.6 is 0 Å². The van der Waals surface area contributed by atoms with Crippen LogP contribution in [0.2, 0.25) is 0 Å². The second-order valence-corrected chi connectivity index (χ2v) is 4.32. The summed E-state index contributed by atoms with van der Waals surface area (Å²) in [6.07, 6.45) is 0.0167. The monoisotopic (exact) mass is 252 g/mol. The van der Waals surface area contributed by atoms with Crippen LogP contribution in [0.5, 0.6) is 5.75 Å². The van der Waals surface area contributed by atoms with Crippen molar-refractivity contribution < 1.29 is 14.4 Å². The Kier molecular flexibility index (Phi) is 4.11. The van der Waals surface area contributed by atoms with E-state index in [-0.39, 0.29) is 11.8 Å². The maximum atomic E-state index is 10.6. The Bertz CT molecular complexity index is 424. The highest BCUT2D eigenvalue weighted by Gasteiger charge is 2.18. The summed E-state index contributed by atoms with van der Waals surface area (Å²) >= 11 is 0. The number of nitrogens with zero attached hydrogens (tertiary/aromatic N) is 2. The minimum atomic E-state index is -0.433. The first-order valence-corrected chi connectivity index (χ1v) is 5.82. The molecule has 1 unspecified atom stereocenters. The van der Waals surface area contributed by atoms with Crippen LogP contribution < -0.4 is 4.74 Å². The molecular formula is C12H16N2O4. The number of morpholine rings is 1. The molecule has 6 heteroatoms. The van der Waals surface area contributed by atoms with E-state index in [1.807, 2.05) is 7.05 Å². The van der Waals surface area contributed by atoms with Crippen LogP contribution in [0.25, 0.3) is 0 Å². The molecule has 1 heterocycles. The van der Waals surface area contributed by atoms with Crippen molar-refractivity contribution in [3.05, 3.63) is 34.4 Å². The van der Waals surface area contributed by atoms with Crippen molar-refractivity contribution in [3.63, 3.8) is 0 Å². The molecule has 0 aromatic heterocycles. The topological polar surface area (TPSA) is 64.8 Å². The van der Waals surface area contributed by atoms with Crippen molar-refractivity contribution in [2.75, 3.05) is 33.4 Å². The van der Waals surface area contributed by atoms with E-state index < -0.39 is 4.92 Å². The fourth-order valence-corrected chi connectivity index (χ4v) is 1.84. The predicted molar refractivity (Wildman–Crippen MR) is 65.8 cm³/mol. The molecule has 0 amide bonds. The largest absolute Gasteiger partial charge is 0.491 e. The van der Waals surface area contributed by atoms with E-state index in [2.05, 4.69) is 4.90 Å². The van der Waals surface area contributed by atoms with Gasteiger partial charge in [-0.05, 0) is 13.1 Å². The molecule has 0 bridgehead atoms.